The van der Waals surface area contributed by atoms with Crippen molar-refractivity contribution in [2.75, 3.05) is 0 Å². The van der Waals surface area contributed by atoms with Gasteiger partial charge in [-0.3, -0.25) is 5.84 Å². The summed E-state index contributed by atoms with van der Waals surface area (Å²) in [5.41, 5.74) is 3.48. The summed E-state index contributed by atoms with van der Waals surface area (Å²) in [6.07, 6.45) is 1.18. The molecule has 0 saturated heterocycles. The lowest BCUT2D eigenvalue weighted by atomic mass is 9.62. The van der Waals surface area contributed by atoms with Crippen molar-refractivity contribution >= 4 is 7.28 Å². The Morgan fingerprint density at radius 2 is 2.44 bits per heavy atom. The highest BCUT2D eigenvalue weighted by Gasteiger charge is 2.03. The highest BCUT2D eigenvalue weighted by Crippen LogP contribution is 2.09. The monoisotopic (exact) mass is 126 g/mol. The van der Waals surface area contributed by atoms with Crippen LogP contribution in [-0.4, -0.2) is 7.28 Å². The van der Waals surface area contributed by atoms with Crippen LogP contribution in [0.25, 0.3) is 0 Å². The lowest BCUT2D eigenvalue weighted by Crippen LogP contribution is -2.24. The van der Waals surface area contributed by atoms with E-state index < -0.39 is 0 Å². The minimum atomic E-state index is 0.500. The summed E-state index contributed by atoms with van der Waals surface area (Å²) in [6.45, 7) is 8.03. The minimum absolute atomic E-state index is 0.500. The first-order chi connectivity index (χ1) is 4.22. The molecule has 0 aliphatic carbocycles. The molecule has 0 aromatic carbocycles. The Hall–Kier alpha value is -0.435. The first kappa shape index (κ1) is 8.56. The number of hydrazine groups is 1. The molecule has 1 unspecified atom stereocenters. The predicted octanol–water partition coefficient (Wildman–Crippen LogP) is 0.647. The number of hydrogen-bond acceptors (Lipinski definition) is 2. The molecule has 0 rings (SSSR count). The van der Waals surface area contributed by atoms with E-state index in [4.69, 9.17) is 5.84 Å². The molecular formula is C6H15BN2. The molecule has 0 amide bonds. The van der Waals surface area contributed by atoms with E-state index in [-0.39, 0.29) is 0 Å². The van der Waals surface area contributed by atoms with Crippen molar-refractivity contribution in [1.29, 1.82) is 0 Å². The Morgan fingerprint density at radius 3 is 2.78 bits per heavy atom. The first-order valence-corrected chi connectivity index (χ1v) is 3.37. The molecular weight excluding hydrogens is 111 g/mol. The summed E-state index contributed by atoms with van der Waals surface area (Å²) in [5, 5.41) is 0. The summed E-state index contributed by atoms with van der Waals surface area (Å²) in [4.78, 5) is 0. The van der Waals surface area contributed by atoms with Crippen LogP contribution in [0.4, 0.5) is 0 Å². The average molecular weight is 126 g/mol. The summed E-state index contributed by atoms with van der Waals surface area (Å²) in [5.74, 6) is 5.65. The van der Waals surface area contributed by atoms with Gasteiger partial charge in [0, 0.05) is 5.70 Å². The SMILES string of the molecule is C=C(NN)C(C)BCC. The molecule has 0 aliphatic rings. The van der Waals surface area contributed by atoms with Gasteiger partial charge in [0.15, 0.2) is 0 Å². The normalized spacial score (nSPS) is 12.3. The van der Waals surface area contributed by atoms with E-state index in [2.05, 4.69) is 25.9 Å². The third kappa shape index (κ3) is 3.19. The lowest BCUT2D eigenvalue weighted by Gasteiger charge is -2.10. The second-order valence-electron chi connectivity index (χ2n) is 2.36. The van der Waals surface area contributed by atoms with Gasteiger partial charge in [-0.05, 0) is 5.82 Å². The highest BCUT2D eigenvalue weighted by molar-refractivity contribution is 6.38. The molecule has 3 N–H and O–H groups in total. The molecule has 3 heteroatoms. The van der Waals surface area contributed by atoms with Crippen LogP contribution in [0, 0.1) is 0 Å². The van der Waals surface area contributed by atoms with Gasteiger partial charge in [0.25, 0.3) is 0 Å². The van der Waals surface area contributed by atoms with Gasteiger partial charge in [-0.1, -0.05) is 26.7 Å². The average Bonchev–Trinajstić information content (AvgIpc) is 1.87. The highest BCUT2D eigenvalue weighted by atomic mass is 15.2. The van der Waals surface area contributed by atoms with E-state index in [9.17, 15) is 0 Å². The molecule has 2 nitrogen and oxygen atoms in total. The van der Waals surface area contributed by atoms with E-state index in [1.165, 1.54) is 6.32 Å². The maximum atomic E-state index is 5.15. The molecule has 0 radical (unpaired) electrons. The van der Waals surface area contributed by atoms with Crippen LogP contribution in [-0.2, 0) is 0 Å². The number of allylic oxidation sites excluding steroid dienone is 1. The lowest BCUT2D eigenvalue weighted by molar-refractivity contribution is 0.825. The van der Waals surface area contributed by atoms with Crippen LogP contribution >= 0.6 is 0 Å². The molecule has 0 fully saturated rings. The predicted molar refractivity (Wildman–Crippen MR) is 43.5 cm³/mol. The molecule has 0 aromatic rings. The summed E-state index contributed by atoms with van der Waals surface area (Å²) in [6, 6.07) is 0. The van der Waals surface area contributed by atoms with Crippen molar-refractivity contribution in [3.8, 4) is 0 Å². The third-order valence-corrected chi connectivity index (χ3v) is 1.50. The second kappa shape index (κ2) is 4.44. The molecule has 0 aliphatic heterocycles. The molecule has 9 heavy (non-hydrogen) atoms. The second-order valence-corrected chi connectivity index (χ2v) is 2.36. The van der Waals surface area contributed by atoms with Gasteiger partial charge in [0.1, 0.15) is 7.28 Å². The molecule has 0 bridgehead atoms. The van der Waals surface area contributed by atoms with Gasteiger partial charge in [-0.25, -0.2) is 0 Å². The standard InChI is InChI=1S/C6H15BN2/c1-4-7-5(2)6(3)9-8/h5,7,9H,3-4,8H2,1-2H3. The maximum absolute atomic E-state index is 5.15. The van der Waals surface area contributed by atoms with Gasteiger partial charge in [-0.15, -0.1) is 0 Å². The Balaban J connectivity index is 3.45. The zero-order valence-corrected chi connectivity index (χ0v) is 6.28. The Bertz CT molecular complexity index is 93.1. The molecule has 0 heterocycles. The van der Waals surface area contributed by atoms with Crippen LogP contribution in [0.15, 0.2) is 12.3 Å². The van der Waals surface area contributed by atoms with Gasteiger partial charge in [-0.2, -0.15) is 0 Å². The third-order valence-electron chi connectivity index (χ3n) is 1.50. The fourth-order valence-electron chi connectivity index (χ4n) is 0.750. The molecule has 0 spiro atoms. The number of nitrogens with one attached hydrogen (secondary N) is 1. The van der Waals surface area contributed by atoms with Crippen molar-refractivity contribution in [1.82, 2.24) is 5.43 Å². The van der Waals surface area contributed by atoms with Gasteiger partial charge in [0.2, 0.25) is 0 Å². The van der Waals surface area contributed by atoms with Gasteiger partial charge in [0.05, 0.1) is 0 Å². The fraction of sp³-hybridized carbons (Fsp3) is 0.667. The van der Waals surface area contributed by atoms with Gasteiger partial charge >= 0.3 is 0 Å². The quantitative estimate of drug-likeness (QED) is 0.329. The largest absolute Gasteiger partial charge is 0.329 e. The van der Waals surface area contributed by atoms with E-state index in [1.54, 1.807) is 0 Å². The number of nitrogens with two attached hydrogens (primary N) is 1. The minimum Gasteiger partial charge on any atom is -0.329 e. The maximum Gasteiger partial charge on any atom is 0.131 e. The molecule has 52 valence electrons. The smallest absolute Gasteiger partial charge is 0.131 e. The summed E-state index contributed by atoms with van der Waals surface area (Å²) < 4.78 is 0. The van der Waals surface area contributed by atoms with E-state index in [0.29, 0.717) is 5.82 Å². The van der Waals surface area contributed by atoms with Crippen LogP contribution in [0.2, 0.25) is 12.1 Å². The zero-order chi connectivity index (χ0) is 7.28. The summed E-state index contributed by atoms with van der Waals surface area (Å²) >= 11 is 0. The van der Waals surface area contributed by atoms with E-state index in [0.717, 1.165) is 13.0 Å². The van der Waals surface area contributed by atoms with Crippen molar-refractivity contribution in [3.63, 3.8) is 0 Å². The van der Waals surface area contributed by atoms with Gasteiger partial charge < -0.3 is 5.43 Å². The Kier molecular flexibility index (Phi) is 4.23. The van der Waals surface area contributed by atoms with Crippen LogP contribution in [0.1, 0.15) is 13.8 Å². The van der Waals surface area contributed by atoms with Crippen LogP contribution in [0.5, 0.6) is 0 Å². The zero-order valence-electron chi connectivity index (χ0n) is 6.28. The van der Waals surface area contributed by atoms with E-state index >= 15 is 0 Å². The molecule has 0 aromatic heterocycles. The topological polar surface area (TPSA) is 38.0 Å². The van der Waals surface area contributed by atoms with Crippen LogP contribution in [0.3, 0.4) is 0 Å². The first-order valence-electron chi connectivity index (χ1n) is 3.37. The van der Waals surface area contributed by atoms with Crippen molar-refractivity contribution in [3.05, 3.63) is 12.3 Å². The number of hydrogen-bond donors (Lipinski definition) is 2. The summed E-state index contributed by atoms with van der Waals surface area (Å²) in [7, 11) is 1.16. The van der Waals surface area contributed by atoms with Crippen molar-refractivity contribution in [2.24, 2.45) is 5.84 Å². The molecule has 1 atom stereocenters. The van der Waals surface area contributed by atoms with Crippen molar-refractivity contribution in [2.45, 2.75) is 26.0 Å². The number of rotatable bonds is 4. The van der Waals surface area contributed by atoms with Crippen LogP contribution < -0.4 is 11.3 Å². The Labute approximate surface area is 57.7 Å². The van der Waals surface area contributed by atoms with Crippen molar-refractivity contribution < 1.29 is 0 Å². The molecule has 0 saturated carbocycles. The van der Waals surface area contributed by atoms with E-state index in [1.807, 2.05) is 0 Å². The Morgan fingerprint density at radius 1 is 1.89 bits per heavy atom. The fourth-order valence-corrected chi connectivity index (χ4v) is 0.750.